The van der Waals surface area contributed by atoms with Crippen LogP contribution in [-0.2, 0) is 13.0 Å². The molecule has 1 aliphatic heterocycles. The number of aryl methyl sites for hydroxylation is 1. The van der Waals surface area contributed by atoms with E-state index in [1.807, 2.05) is 6.07 Å². The number of unbranched alkanes of at least 4 members (excludes halogenated alkanes) is 1. The smallest absolute Gasteiger partial charge is 0.320 e. The number of hydrogen-bond donors (Lipinski definition) is 3. The van der Waals surface area contributed by atoms with Gasteiger partial charge in [0.2, 0.25) is 0 Å². The number of nitrogens with one attached hydrogen (secondary N) is 1. The van der Waals surface area contributed by atoms with E-state index in [1.165, 1.54) is 5.56 Å². The van der Waals surface area contributed by atoms with E-state index in [-0.39, 0.29) is 17.8 Å². The van der Waals surface area contributed by atoms with Crippen LogP contribution in [0.4, 0.5) is 5.82 Å². The van der Waals surface area contributed by atoms with E-state index in [1.54, 1.807) is 11.7 Å². The van der Waals surface area contributed by atoms with Crippen molar-refractivity contribution in [2.24, 2.45) is 0 Å². The Kier molecular flexibility index (Phi) is 8.02. The molecule has 34 heavy (non-hydrogen) atoms. The first-order valence-corrected chi connectivity index (χ1v) is 12.0. The number of imidazole rings is 1. The number of anilines is 1. The van der Waals surface area contributed by atoms with Crippen molar-refractivity contribution in [2.45, 2.75) is 39.2 Å². The van der Waals surface area contributed by atoms with Gasteiger partial charge in [-0.2, -0.15) is 15.0 Å². The van der Waals surface area contributed by atoms with Gasteiger partial charge in [-0.15, -0.1) is 0 Å². The van der Waals surface area contributed by atoms with Crippen LogP contribution in [0.1, 0.15) is 37.3 Å². The van der Waals surface area contributed by atoms with E-state index in [9.17, 15) is 5.11 Å². The second-order valence-electron chi connectivity index (χ2n) is 8.60. The summed E-state index contributed by atoms with van der Waals surface area (Å²) in [5, 5.41) is 13.9. The van der Waals surface area contributed by atoms with Crippen LogP contribution < -0.4 is 20.5 Å². The maximum atomic E-state index is 10.5. The molecule has 1 saturated heterocycles. The van der Waals surface area contributed by atoms with Crippen molar-refractivity contribution in [3.8, 4) is 17.8 Å². The lowest BCUT2D eigenvalue weighted by molar-refractivity contribution is 0.238. The summed E-state index contributed by atoms with van der Waals surface area (Å²) in [5.74, 6) is 0.944. The summed E-state index contributed by atoms with van der Waals surface area (Å²) < 4.78 is 12.9. The van der Waals surface area contributed by atoms with Gasteiger partial charge in [0.05, 0.1) is 20.3 Å². The number of fused-ring (bicyclic) bond motifs is 1. The molecule has 1 aliphatic rings. The number of benzene rings is 1. The summed E-state index contributed by atoms with van der Waals surface area (Å²) in [7, 11) is 1.66. The largest absolute Gasteiger partial charge is 0.496 e. The van der Waals surface area contributed by atoms with E-state index >= 15 is 0 Å². The number of nitrogen functional groups attached to an aromatic ring is 1. The van der Waals surface area contributed by atoms with E-state index in [0.29, 0.717) is 24.3 Å². The molecule has 4 rings (SSSR count). The van der Waals surface area contributed by atoms with Crippen LogP contribution in [0.3, 0.4) is 0 Å². The Morgan fingerprint density at radius 3 is 2.74 bits per heavy atom. The first-order valence-electron chi connectivity index (χ1n) is 12.0. The average Bonchev–Trinajstić information content (AvgIpc) is 3.16. The lowest BCUT2D eigenvalue weighted by Gasteiger charge is -2.27. The molecule has 2 aromatic heterocycles. The van der Waals surface area contributed by atoms with E-state index < -0.39 is 0 Å². The first kappa shape index (κ1) is 24.0. The summed E-state index contributed by atoms with van der Waals surface area (Å²) in [6.45, 7) is 8.39. The molecule has 3 heterocycles. The van der Waals surface area contributed by atoms with Gasteiger partial charge in [-0.05, 0) is 37.4 Å². The number of methoxy groups -OCH3 is 1. The number of aromatic hydroxyl groups is 1. The summed E-state index contributed by atoms with van der Waals surface area (Å²) in [6, 6.07) is 6.24. The van der Waals surface area contributed by atoms with Gasteiger partial charge in [-0.3, -0.25) is 4.57 Å². The van der Waals surface area contributed by atoms with Crippen LogP contribution >= 0.6 is 0 Å². The molecule has 0 radical (unpaired) electrons. The molecule has 0 atom stereocenters. The van der Waals surface area contributed by atoms with E-state index in [4.69, 9.17) is 15.2 Å². The van der Waals surface area contributed by atoms with Gasteiger partial charge in [0.15, 0.2) is 17.0 Å². The molecular weight excluding hydrogens is 434 g/mol. The zero-order chi connectivity index (χ0) is 23.9. The Hall–Kier alpha value is -3.11. The second-order valence-corrected chi connectivity index (χ2v) is 8.60. The number of ether oxygens (including phenoxy) is 2. The van der Waals surface area contributed by atoms with Gasteiger partial charge in [-0.25, -0.2) is 0 Å². The summed E-state index contributed by atoms with van der Waals surface area (Å²) in [5.41, 5.74) is 8.98. The molecule has 0 amide bonds. The minimum absolute atomic E-state index is 0.177. The van der Waals surface area contributed by atoms with Gasteiger partial charge in [0.25, 0.3) is 6.01 Å². The fraction of sp³-hybridized carbons (Fsp3) is 0.542. The molecule has 0 spiro atoms. The predicted molar refractivity (Wildman–Crippen MR) is 132 cm³/mol. The zero-order valence-corrected chi connectivity index (χ0v) is 20.1. The number of nitrogens with two attached hydrogens (primary N) is 1. The number of hydrogen-bond acceptors (Lipinski definition) is 9. The summed E-state index contributed by atoms with van der Waals surface area (Å²) in [4.78, 5) is 15.3. The standard InChI is InChI=1S/C24H35N7O3/c1-3-4-14-34-23-28-21(25)20-22(29-23)31(24(32)27-20)16-18-8-7-17(15-19(18)33-2)6-5-11-30-12-9-26-10-13-30/h7-8,15,26H,3-6,9-14,16H2,1-2H3,(H,27,32)(H2,25,28,29). The molecule has 0 bridgehead atoms. The minimum atomic E-state index is -0.177. The van der Waals surface area contributed by atoms with Crippen molar-refractivity contribution in [2.75, 3.05) is 52.2 Å². The Labute approximate surface area is 200 Å². The average molecular weight is 470 g/mol. The van der Waals surface area contributed by atoms with Crippen LogP contribution in [0.25, 0.3) is 11.2 Å². The molecule has 10 heteroatoms. The molecule has 4 N–H and O–H groups in total. The van der Waals surface area contributed by atoms with Gasteiger partial charge < -0.3 is 30.5 Å². The van der Waals surface area contributed by atoms with E-state index in [2.05, 4.69) is 44.2 Å². The molecular formula is C24H35N7O3. The molecule has 1 fully saturated rings. The van der Waals surface area contributed by atoms with Crippen LogP contribution in [-0.4, -0.2) is 76.0 Å². The fourth-order valence-corrected chi connectivity index (χ4v) is 4.19. The molecule has 184 valence electrons. The van der Waals surface area contributed by atoms with Crippen molar-refractivity contribution < 1.29 is 14.6 Å². The van der Waals surface area contributed by atoms with Crippen molar-refractivity contribution in [3.63, 3.8) is 0 Å². The minimum Gasteiger partial charge on any atom is -0.496 e. The molecule has 3 aromatic rings. The molecule has 0 saturated carbocycles. The highest BCUT2D eigenvalue weighted by Gasteiger charge is 2.18. The normalized spacial score (nSPS) is 14.5. The maximum absolute atomic E-state index is 10.5. The SMILES string of the molecule is CCCCOc1nc(N)c2nc(O)n(Cc3ccc(CCCN4CCNCC4)cc3OC)c2n1. The number of piperazine rings is 1. The van der Waals surface area contributed by atoms with Gasteiger partial charge in [0.1, 0.15) is 5.75 Å². The highest BCUT2D eigenvalue weighted by molar-refractivity contribution is 5.83. The Bertz CT molecular complexity index is 1100. The maximum Gasteiger partial charge on any atom is 0.320 e. The van der Waals surface area contributed by atoms with Gasteiger partial charge >= 0.3 is 6.01 Å². The van der Waals surface area contributed by atoms with Crippen LogP contribution in [0.5, 0.6) is 17.8 Å². The van der Waals surface area contributed by atoms with Crippen molar-refractivity contribution in [1.29, 1.82) is 0 Å². The Morgan fingerprint density at radius 2 is 1.97 bits per heavy atom. The number of nitrogens with zero attached hydrogens (tertiary/aromatic N) is 5. The Morgan fingerprint density at radius 1 is 1.15 bits per heavy atom. The third-order valence-electron chi connectivity index (χ3n) is 6.14. The first-order chi connectivity index (χ1) is 16.6. The predicted octanol–water partition coefficient (Wildman–Crippen LogP) is 2.19. The molecule has 0 unspecified atom stereocenters. The third kappa shape index (κ3) is 5.68. The fourth-order valence-electron chi connectivity index (χ4n) is 4.19. The monoisotopic (exact) mass is 469 g/mol. The third-order valence-corrected chi connectivity index (χ3v) is 6.14. The number of aromatic nitrogens is 4. The van der Waals surface area contributed by atoms with Crippen LogP contribution in [0.2, 0.25) is 0 Å². The number of rotatable bonds is 11. The van der Waals surface area contributed by atoms with Crippen LogP contribution in [0.15, 0.2) is 18.2 Å². The lowest BCUT2D eigenvalue weighted by atomic mass is 10.1. The topological polar surface area (TPSA) is 124 Å². The zero-order valence-electron chi connectivity index (χ0n) is 20.1. The van der Waals surface area contributed by atoms with Crippen LogP contribution in [0, 0.1) is 0 Å². The quantitative estimate of drug-likeness (QED) is 0.363. The van der Waals surface area contributed by atoms with Crippen molar-refractivity contribution >= 4 is 17.0 Å². The lowest BCUT2D eigenvalue weighted by Crippen LogP contribution is -2.43. The van der Waals surface area contributed by atoms with Gasteiger partial charge in [0, 0.05) is 31.7 Å². The molecule has 1 aromatic carbocycles. The van der Waals surface area contributed by atoms with E-state index in [0.717, 1.165) is 69.7 Å². The Balaban J connectivity index is 1.49. The van der Waals surface area contributed by atoms with Gasteiger partial charge in [-0.1, -0.05) is 25.5 Å². The molecule has 0 aliphatic carbocycles. The highest BCUT2D eigenvalue weighted by atomic mass is 16.5. The van der Waals surface area contributed by atoms with Crippen molar-refractivity contribution in [1.82, 2.24) is 29.7 Å². The van der Waals surface area contributed by atoms with Crippen molar-refractivity contribution in [3.05, 3.63) is 29.3 Å². The summed E-state index contributed by atoms with van der Waals surface area (Å²) in [6.07, 6.45) is 3.99. The molecule has 10 nitrogen and oxygen atoms in total. The highest BCUT2D eigenvalue weighted by Crippen LogP contribution is 2.29. The second kappa shape index (κ2) is 11.3. The summed E-state index contributed by atoms with van der Waals surface area (Å²) >= 11 is 0.